The van der Waals surface area contributed by atoms with E-state index in [2.05, 4.69) is 21.2 Å². The lowest BCUT2D eigenvalue weighted by molar-refractivity contribution is 0.0858. The summed E-state index contributed by atoms with van der Waals surface area (Å²) in [6, 6.07) is 5.30. The summed E-state index contributed by atoms with van der Waals surface area (Å²) in [7, 11) is 0. The van der Waals surface area contributed by atoms with Gasteiger partial charge in [0.1, 0.15) is 0 Å². The topological polar surface area (TPSA) is 38.3 Å². The second kappa shape index (κ2) is 5.85. The van der Waals surface area contributed by atoms with Crippen molar-refractivity contribution in [3.8, 4) is 0 Å². The van der Waals surface area contributed by atoms with E-state index in [0.29, 0.717) is 17.1 Å². The summed E-state index contributed by atoms with van der Waals surface area (Å²) in [6.07, 6.45) is 2.22. The molecule has 1 aromatic rings. The van der Waals surface area contributed by atoms with Crippen molar-refractivity contribution in [1.82, 2.24) is 5.32 Å². The number of carbonyl (C=O) groups is 1. The fourth-order valence-electron chi connectivity index (χ4n) is 1.79. The van der Waals surface area contributed by atoms with Crippen LogP contribution in [0.1, 0.15) is 23.2 Å². The maximum Gasteiger partial charge on any atom is 0.252 e. The first kappa shape index (κ1) is 12.9. The summed E-state index contributed by atoms with van der Waals surface area (Å²) in [5.41, 5.74) is 0.485. The van der Waals surface area contributed by atoms with Crippen molar-refractivity contribution in [2.24, 2.45) is 0 Å². The van der Waals surface area contributed by atoms with Gasteiger partial charge >= 0.3 is 0 Å². The van der Waals surface area contributed by atoms with Gasteiger partial charge in [-0.1, -0.05) is 17.7 Å². The first-order chi connectivity index (χ1) is 8.18. The van der Waals surface area contributed by atoms with Gasteiger partial charge in [0, 0.05) is 17.6 Å². The highest BCUT2D eigenvalue weighted by Gasteiger charge is 2.18. The third-order valence-corrected chi connectivity index (χ3v) is 4.01. The van der Waals surface area contributed by atoms with Crippen LogP contribution in [0, 0.1) is 0 Å². The zero-order chi connectivity index (χ0) is 12.3. The van der Waals surface area contributed by atoms with Crippen LogP contribution >= 0.6 is 27.5 Å². The molecule has 92 valence electrons. The molecule has 0 saturated carbocycles. The van der Waals surface area contributed by atoms with Crippen LogP contribution < -0.4 is 5.32 Å². The number of halogens is 2. The minimum absolute atomic E-state index is 0.143. The molecule has 1 atom stereocenters. The van der Waals surface area contributed by atoms with Gasteiger partial charge in [0.25, 0.3) is 5.91 Å². The Kier molecular flexibility index (Phi) is 4.42. The molecule has 1 heterocycles. The lowest BCUT2D eigenvalue weighted by atomic mass is 10.2. The molecule has 3 nitrogen and oxygen atoms in total. The predicted octanol–water partition coefficient (Wildman–Crippen LogP) is 3.01. The van der Waals surface area contributed by atoms with E-state index < -0.39 is 0 Å². The fraction of sp³-hybridized carbons (Fsp3) is 0.417. The van der Waals surface area contributed by atoms with E-state index in [-0.39, 0.29) is 12.0 Å². The monoisotopic (exact) mass is 317 g/mol. The zero-order valence-corrected chi connectivity index (χ0v) is 11.6. The summed E-state index contributed by atoms with van der Waals surface area (Å²) >= 11 is 9.34. The second-order valence-corrected chi connectivity index (χ2v) is 5.18. The predicted molar refractivity (Wildman–Crippen MR) is 70.5 cm³/mol. The fourth-order valence-corrected chi connectivity index (χ4v) is 2.36. The van der Waals surface area contributed by atoms with Gasteiger partial charge in [0.15, 0.2) is 0 Å². The molecule has 5 heteroatoms. The van der Waals surface area contributed by atoms with E-state index in [9.17, 15) is 4.79 Å². The Balaban J connectivity index is 1.97. The lowest BCUT2D eigenvalue weighted by Crippen LogP contribution is -2.31. The third kappa shape index (κ3) is 3.21. The molecule has 1 aliphatic rings. The highest BCUT2D eigenvalue weighted by atomic mass is 79.9. The van der Waals surface area contributed by atoms with Gasteiger partial charge in [0.05, 0.1) is 16.7 Å². The Morgan fingerprint density at radius 2 is 2.41 bits per heavy atom. The average molecular weight is 319 g/mol. The summed E-state index contributed by atoms with van der Waals surface area (Å²) in [4.78, 5) is 11.9. The summed E-state index contributed by atoms with van der Waals surface area (Å²) < 4.78 is 6.16. The van der Waals surface area contributed by atoms with Crippen LogP contribution in [-0.4, -0.2) is 25.2 Å². The minimum atomic E-state index is -0.160. The SMILES string of the molecule is O=C(NCC1CCCO1)c1cccc(Br)c1Cl. The molecule has 1 saturated heterocycles. The zero-order valence-electron chi connectivity index (χ0n) is 9.21. The van der Waals surface area contributed by atoms with Crippen LogP contribution in [0.3, 0.4) is 0 Å². The molecular formula is C12H13BrClNO2. The van der Waals surface area contributed by atoms with Gasteiger partial charge in [-0.2, -0.15) is 0 Å². The molecule has 1 amide bonds. The number of hydrogen-bond donors (Lipinski definition) is 1. The van der Waals surface area contributed by atoms with Gasteiger partial charge in [0.2, 0.25) is 0 Å². The highest BCUT2D eigenvalue weighted by Crippen LogP contribution is 2.25. The summed E-state index contributed by atoms with van der Waals surface area (Å²) in [5, 5.41) is 3.28. The van der Waals surface area contributed by atoms with Crippen LogP contribution in [-0.2, 0) is 4.74 Å². The number of ether oxygens (including phenoxy) is 1. The van der Waals surface area contributed by atoms with Crippen molar-refractivity contribution >= 4 is 33.4 Å². The number of hydrogen-bond acceptors (Lipinski definition) is 2. The lowest BCUT2D eigenvalue weighted by Gasteiger charge is -2.11. The molecule has 0 spiro atoms. The van der Waals surface area contributed by atoms with Crippen molar-refractivity contribution in [1.29, 1.82) is 0 Å². The minimum Gasteiger partial charge on any atom is -0.376 e. The van der Waals surface area contributed by atoms with Crippen LogP contribution in [0.2, 0.25) is 5.02 Å². The van der Waals surface area contributed by atoms with E-state index >= 15 is 0 Å². The molecule has 0 radical (unpaired) electrons. The number of benzene rings is 1. The highest BCUT2D eigenvalue weighted by molar-refractivity contribution is 9.10. The molecule has 1 N–H and O–H groups in total. The Labute approximate surface area is 114 Å². The Hall–Kier alpha value is -0.580. The summed E-state index contributed by atoms with van der Waals surface area (Å²) in [6.45, 7) is 1.33. The smallest absolute Gasteiger partial charge is 0.252 e. The molecule has 2 rings (SSSR count). The molecule has 1 aliphatic heterocycles. The number of carbonyl (C=O) groups excluding carboxylic acids is 1. The van der Waals surface area contributed by atoms with Gasteiger partial charge < -0.3 is 10.1 Å². The third-order valence-electron chi connectivity index (χ3n) is 2.71. The van der Waals surface area contributed by atoms with Crippen LogP contribution in [0.25, 0.3) is 0 Å². The van der Waals surface area contributed by atoms with Crippen molar-refractivity contribution in [2.75, 3.05) is 13.2 Å². The molecule has 0 bridgehead atoms. The maximum absolute atomic E-state index is 11.9. The van der Waals surface area contributed by atoms with Crippen molar-refractivity contribution in [2.45, 2.75) is 18.9 Å². The van der Waals surface area contributed by atoms with Crippen molar-refractivity contribution < 1.29 is 9.53 Å². The quantitative estimate of drug-likeness (QED) is 0.930. The molecule has 0 aliphatic carbocycles. The first-order valence-electron chi connectivity index (χ1n) is 5.52. The maximum atomic E-state index is 11.9. The first-order valence-corrected chi connectivity index (χ1v) is 6.69. The van der Waals surface area contributed by atoms with E-state index in [1.807, 2.05) is 0 Å². The Morgan fingerprint density at radius 1 is 1.59 bits per heavy atom. The normalized spacial score (nSPS) is 19.3. The van der Waals surface area contributed by atoms with E-state index in [1.54, 1.807) is 18.2 Å². The van der Waals surface area contributed by atoms with Crippen molar-refractivity contribution in [3.05, 3.63) is 33.3 Å². The van der Waals surface area contributed by atoms with Gasteiger partial charge in [-0.05, 0) is 40.9 Å². The number of nitrogens with one attached hydrogen (secondary N) is 1. The molecule has 1 unspecified atom stereocenters. The van der Waals surface area contributed by atoms with Crippen LogP contribution in [0.4, 0.5) is 0 Å². The van der Waals surface area contributed by atoms with E-state index in [4.69, 9.17) is 16.3 Å². The average Bonchev–Trinajstić information content (AvgIpc) is 2.82. The van der Waals surface area contributed by atoms with Gasteiger partial charge in [-0.3, -0.25) is 4.79 Å². The van der Waals surface area contributed by atoms with Crippen LogP contribution in [0.15, 0.2) is 22.7 Å². The second-order valence-electron chi connectivity index (χ2n) is 3.95. The van der Waals surface area contributed by atoms with E-state index in [1.165, 1.54) is 0 Å². The molecule has 0 aromatic heterocycles. The standard InChI is InChI=1S/C12H13BrClNO2/c13-10-5-1-4-9(11(10)14)12(16)15-7-8-3-2-6-17-8/h1,4-5,8H,2-3,6-7H2,(H,15,16). The molecule has 17 heavy (non-hydrogen) atoms. The number of rotatable bonds is 3. The van der Waals surface area contributed by atoms with Crippen LogP contribution in [0.5, 0.6) is 0 Å². The van der Waals surface area contributed by atoms with Crippen molar-refractivity contribution in [3.63, 3.8) is 0 Å². The van der Waals surface area contributed by atoms with Gasteiger partial charge in [-0.15, -0.1) is 0 Å². The van der Waals surface area contributed by atoms with E-state index in [0.717, 1.165) is 23.9 Å². The molecule has 1 aromatic carbocycles. The Morgan fingerprint density at radius 3 is 3.12 bits per heavy atom. The number of amides is 1. The van der Waals surface area contributed by atoms with Gasteiger partial charge in [-0.25, -0.2) is 0 Å². The summed E-state index contributed by atoms with van der Waals surface area (Å²) in [5.74, 6) is -0.160. The Bertz CT molecular complexity index is 419. The molecular weight excluding hydrogens is 305 g/mol. The largest absolute Gasteiger partial charge is 0.376 e. The molecule has 1 fully saturated rings.